The predicted octanol–water partition coefficient (Wildman–Crippen LogP) is 2.08. The lowest BCUT2D eigenvalue weighted by Crippen LogP contribution is -2.53. The Balaban J connectivity index is 2.26. The standard InChI is InChI=1S/C25H34N4O8S/c1-18(2)16-28(38(35,36)21-11-9-20(10-12-21)29(33)34)17-23(30)22(15-19-7-5-4-6-8-19)27-25(32)26-14-13-24(31)37-3/h4-12,18,22-23,30H,13-17H2,1-3H3,(H2,26,27,32)/t22-,23+/m0/s1. The van der Waals surface area contributed by atoms with Gasteiger partial charge in [0, 0.05) is 31.8 Å². The van der Waals surface area contributed by atoms with Crippen molar-refractivity contribution in [3.8, 4) is 0 Å². The average Bonchev–Trinajstić information content (AvgIpc) is 2.88. The highest BCUT2D eigenvalue weighted by atomic mass is 32.2. The maximum atomic E-state index is 13.4. The molecule has 2 atom stereocenters. The molecule has 0 unspecified atom stereocenters. The number of hydrogen-bond acceptors (Lipinski definition) is 8. The van der Waals surface area contributed by atoms with Gasteiger partial charge in [0.25, 0.3) is 5.69 Å². The number of hydrogen-bond donors (Lipinski definition) is 3. The molecular formula is C25H34N4O8S. The van der Waals surface area contributed by atoms with Gasteiger partial charge in [-0.25, -0.2) is 13.2 Å². The van der Waals surface area contributed by atoms with Gasteiger partial charge >= 0.3 is 12.0 Å². The number of methoxy groups -OCH3 is 1. The summed E-state index contributed by atoms with van der Waals surface area (Å²) in [6, 6.07) is 12.1. The first-order valence-electron chi connectivity index (χ1n) is 12.0. The van der Waals surface area contributed by atoms with Gasteiger partial charge in [-0.3, -0.25) is 14.9 Å². The molecule has 2 aromatic rings. The van der Waals surface area contributed by atoms with E-state index in [0.717, 1.165) is 34.1 Å². The molecule has 2 aromatic carbocycles. The van der Waals surface area contributed by atoms with Crippen LogP contribution in [0.2, 0.25) is 0 Å². The summed E-state index contributed by atoms with van der Waals surface area (Å²) in [5.74, 6) is -0.593. The number of benzene rings is 2. The molecule has 208 valence electrons. The van der Waals surface area contributed by atoms with Gasteiger partial charge in [0.2, 0.25) is 10.0 Å². The zero-order chi connectivity index (χ0) is 28.3. The Hall–Kier alpha value is -3.55. The van der Waals surface area contributed by atoms with Crippen molar-refractivity contribution in [3.63, 3.8) is 0 Å². The molecule has 13 heteroatoms. The number of aliphatic hydroxyl groups is 1. The van der Waals surface area contributed by atoms with Crippen molar-refractivity contribution in [1.82, 2.24) is 14.9 Å². The molecular weight excluding hydrogens is 516 g/mol. The SMILES string of the molecule is COC(=O)CCNC(=O)N[C@@H](Cc1ccccc1)[C@H](O)CN(CC(C)C)S(=O)(=O)c1ccc([N+](=O)[O-])cc1. The first-order valence-corrected chi connectivity index (χ1v) is 13.5. The summed E-state index contributed by atoms with van der Waals surface area (Å²) < 4.78 is 32.5. The van der Waals surface area contributed by atoms with E-state index >= 15 is 0 Å². The Bertz CT molecular complexity index is 1170. The number of nitrogens with zero attached hydrogens (tertiary/aromatic N) is 2. The molecule has 3 N–H and O–H groups in total. The third kappa shape index (κ3) is 9.39. The van der Waals surface area contributed by atoms with E-state index in [9.17, 15) is 33.2 Å². The van der Waals surface area contributed by atoms with E-state index in [0.29, 0.717) is 0 Å². The van der Waals surface area contributed by atoms with Crippen molar-refractivity contribution < 1.29 is 32.8 Å². The normalized spacial score (nSPS) is 13.1. The summed E-state index contributed by atoms with van der Waals surface area (Å²) >= 11 is 0. The van der Waals surface area contributed by atoms with Gasteiger partial charge in [0.15, 0.2) is 0 Å². The fourth-order valence-electron chi connectivity index (χ4n) is 3.65. The topological polar surface area (TPSA) is 168 Å². The Kier molecular flexibility index (Phi) is 11.6. The first-order chi connectivity index (χ1) is 17.9. The summed E-state index contributed by atoms with van der Waals surface area (Å²) in [6.07, 6.45) is -1.14. The number of aliphatic hydroxyl groups excluding tert-OH is 1. The van der Waals surface area contributed by atoms with Crippen LogP contribution in [-0.4, -0.2) is 73.6 Å². The molecule has 0 fully saturated rings. The number of urea groups is 1. The van der Waals surface area contributed by atoms with Gasteiger partial charge in [-0.15, -0.1) is 0 Å². The largest absolute Gasteiger partial charge is 0.469 e. The quantitative estimate of drug-likeness (QED) is 0.182. The fraction of sp³-hybridized carbons (Fsp3) is 0.440. The highest BCUT2D eigenvalue weighted by Crippen LogP contribution is 2.21. The van der Waals surface area contributed by atoms with Crippen molar-refractivity contribution in [2.24, 2.45) is 5.92 Å². The Morgan fingerprint density at radius 1 is 1.08 bits per heavy atom. The third-order valence-corrected chi connectivity index (χ3v) is 7.41. The van der Waals surface area contributed by atoms with E-state index in [1.807, 2.05) is 32.0 Å². The number of nitro groups is 1. The smallest absolute Gasteiger partial charge is 0.315 e. The van der Waals surface area contributed by atoms with Gasteiger partial charge in [-0.05, 0) is 30.0 Å². The third-order valence-electron chi connectivity index (χ3n) is 5.57. The van der Waals surface area contributed by atoms with Crippen LogP contribution < -0.4 is 10.6 Å². The molecule has 2 amide bonds. The van der Waals surface area contributed by atoms with Crippen molar-refractivity contribution >= 4 is 27.7 Å². The molecule has 0 bridgehead atoms. The van der Waals surface area contributed by atoms with E-state index in [1.165, 1.54) is 7.11 Å². The summed E-state index contributed by atoms with van der Waals surface area (Å²) in [5, 5.41) is 27.3. The molecule has 0 aliphatic heterocycles. The summed E-state index contributed by atoms with van der Waals surface area (Å²) in [4.78, 5) is 34.0. The highest BCUT2D eigenvalue weighted by Gasteiger charge is 2.31. The number of rotatable bonds is 14. The number of amides is 2. The van der Waals surface area contributed by atoms with Crippen molar-refractivity contribution in [2.75, 3.05) is 26.7 Å². The van der Waals surface area contributed by atoms with E-state index in [4.69, 9.17) is 0 Å². The molecule has 0 radical (unpaired) electrons. The second kappa shape index (κ2) is 14.4. The number of nitrogens with one attached hydrogen (secondary N) is 2. The van der Waals surface area contributed by atoms with E-state index in [2.05, 4.69) is 15.4 Å². The zero-order valence-electron chi connectivity index (χ0n) is 21.6. The number of carbonyl (C=O) groups is 2. The van der Waals surface area contributed by atoms with Crippen molar-refractivity contribution in [3.05, 3.63) is 70.3 Å². The lowest BCUT2D eigenvalue weighted by molar-refractivity contribution is -0.384. The monoisotopic (exact) mass is 550 g/mol. The molecule has 0 heterocycles. The highest BCUT2D eigenvalue weighted by molar-refractivity contribution is 7.89. The summed E-state index contributed by atoms with van der Waals surface area (Å²) in [6.45, 7) is 3.39. The molecule has 0 aliphatic carbocycles. The second-order valence-corrected chi connectivity index (χ2v) is 11.0. The molecule has 0 saturated heterocycles. The molecule has 0 aliphatic rings. The lowest BCUT2D eigenvalue weighted by atomic mass is 10.0. The fourth-order valence-corrected chi connectivity index (χ4v) is 5.28. The predicted molar refractivity (Wildman–Crippen MR) is 140 cm³/mol. The lowest BCUT2D eigenvalue weighted by Gasteiger charge is -2.30. The minimum Gasteiger partial charge on any atom is -0.469 e. The van der Waals surface area contributed by atoms with Crippen LogP contribution in [0.4, 0.5) is 10.5 Å². The summed E-state index contributed by atoms with van der Waals surface area (Å²) in [7, 11) is -2.89. The van der Waals surface area contributed by atoms with Crippen LogP contribution in [-0.2, 0) is 26.0 Å². The molecule has 12 nitrogen and oxygen atoms in total. The minimum atomic E-state index is -4.12. The Morgan fingerprint density at radius 3 is 2.26 bits per heavy atom. The maximum absolute atomic E-state index is 13.4. The number of nitro benzene ring substituents is 1. The number of esters is 1. The number of sulfonamides is 1. The van der Waals surface area contributed by atoms with E-state index in [-0.39, 0.29) is 49.0 Å². The van der Waals surface area contributed by atoms with Crippen LogP contribution in [0, 0.1) is 16.0 Å². The van der Waals surface area contributed by atoms with Gasteiger partial charge in [0.1, 0.15) is 0 Å². The summed E-state index contributed by atoms with van der Waals surface area (Å²) in [5.41, 5.74) is 0.560. The van der Waals surface area contributed by atoms with Crippen LogP contribution in [0.3, 0.4) is 0 Å². The number of non-ortho nitro benzene ring substituents is 1. The van der Waals surface area contributed by atoms with Crippen molar-refractivity contribution in [2.45, 2.75) is 43.7 Å². The Morgan fingerprint density at radius 2 is 1.71 bits per heavy atom. The maximum Gasteiger partial charge on any atom is 0.315 e. The van der Waals surface area contributed by atoms with E-state index < -0.39 is 39.1 Å². The second-order valence-electron chi connectivity index (χ2n) is 9.06. The Labute approximate surface area is 222 Å². The van der Waals surface area contributed by atoms with Crippen LogP contribution in [0.25, 0.3) is 0 Å². The molecule has 2 rings (SSSR count). The van der Waals surface area contributed by atoms with E-state index in [1.54, 1.807) is 12.1 Å². The van der Waals surface area contributed by atoms with Crippen LogP contribution in [0.1, 0.15) is 25.8 Å². The molecule has 0 aromatic heterocycles. The van der Waals surface area contributed by atoms with Gasteiger partial charge < -0.3 is 20.5 Å². The van der Waals surface area contributed by atoms with Gasteiger partial charge in [-0.2, -0.15) is 4.31 Å². The minimum absolute atomic E-state index is 0.0145. The molecule has 0 spiro atoms. The van der Waals surface area contributed by atoms with Gasteiger partial charge in [-0.1, -0.05) is 44.2 Å². The molecule has 0 saturated carbocycles. The first kappa shape index (κ1) is 30.7. The number of carbonyl (C=O) groups excluding carboxylic acids is 2. The average molecular weight is 551 g/mol. The van der Waals surface area contributed by atoms with Crippen LogP contribution in [0.15, 0.2) is 59.5 Å². The zero-order valence-corrected chi connectivity index (χ0v) is 22.4. The van der Waals surface area contributed by atoms with Crippen LogP contribution >= 0.6 is 0 Å². The van der Waals surface area contributed by atoms with Crippen molar-refractivity contribution in [1.29, 1.82) is 0 Å². The molecule has 38 heavy (non-hydrogen) atoms. The number of ether oxygens (including phenoxy) is 1. The van der Waals surface area contributed by atoms with Gasteiger partial charge in [0.05, 0.1) is 35.5 Å². The van der Waals surface area contributed by atoms with Crippen LogP contribution in [0.5, 0.6) is 0 Å².